The first-order chi connectivity index (χ1) is 9.06. The maximum atomic E-state index is 10.9. The molecule has 0 spiro atoms. The molecule has 2 aromatic rings. The Hall–Kier alpha value is -0.950. The Labute approximate surface area is 124 Å². The summed E-state index contributed by atoms with van der Waals surface area (Å²) >= 11 is 8.80. The van der Waals surface area contributed by atoms with E-state index in [0.717, 1.165) is 39.3 Å². The lowest BCUT2D eigenvalue weighted by atomic mass is 10.3. The Morgan fingerprint density at radius 1 is 1.58 bits per heavy atom. The normalized spacial score (nSPS) is 10.8. The molecule has 0 amide bonds. The molecule has 0 radical (unpaired) electrons. The van der Waals surface area contributed by atoms with Gasteiger partial charge in [0.1, 0.15) is 0 Å². The molecule has 2 heterocycles. The molecule has 0 bridgehead atoms. The number of halogens is 1. The summed E-state index contributed by atoms with van der Waals surface area (Å²) in [6.07, 6.45) is 0.733. The number of aromatic nitrogens is 1. The lowest BCUT2D eigenvalue weighted by Gasteiger charge is -2.00. The molecule has 102 valence electrons. The molecule has 0 aliphatic heterocycles. The number of aryl methyl sites for hydroxylation is 1. The molecule has 0 saturated heterocycles. The number of thiophene rings is 1. The minimum absolute atomic E-state index is 0.171. The molecule has 19 heavy (non-hydrogen) atoms. The highest BCUT2D eigenvalue weighted by Crippen LogP contribution is 2.20. The van der Waals surface area contributed by atoms with E-state index in [-0.39, 0.29) is 5.69 Å². The maximum absolute atomic E-state index is 10.9. The molecule has 2 aromatic heterocycles. The van der Waals surface area contributed by atoms with Crippen molar-refractivity contribution in [3.63, 3.8) is 0 Å². The van der Waals surface area contributed by atoms with Crippen LogP contribution in [0, 0.1) is 6.92 Å². The molecular formula is C12H13ClN2O2S2. The minimum Gasteiger partial charge on any atom is -0.476 e. The van der Waals surface area contributed by atoms with E-state index in [1.165, 1.54) is 22.7 Å². The number of carboxylic acid groups (broad SMARTS) is 1. The van der Waals surface area contributed by atoms with Crippen LogP contribution in [0.5, 0.6) is 0 Å². The molecule has 0 unspecified atom stereocenters. The Morgan fingerprint density at radius 2 is 2.37 bits per heavy atom. The van der Waals surface area contributed by atoms with Crippen molar-refractivity contribution < 1.29 is 9.90 Å². The van der Waals surface area contributed by atoms with Gasteiger partial charge in [0.25, 0.3) is 0 Å². The van der Waals surface area contributed by atoms with Crippen LogP contribution in [0.25, 0.3) is 0 Å². The van der Waals surface area contributed by atoms with Gasteiger partial charge in [-0.2, -0.15) is 0 Å². The van der Waals surface area contributed by atoms with Crippen molar-refractivity contribution in [2.75, 3.05) is 6.54 Å². The van der Waals surface area contributed by atoms with Gasteiger partial charge in [-0.1, -0.05) is 11.6 Å². The predicted molar refractivity (Wildman–Crippen MR) is 78.6 cm³/mol. The van der Waals surface area contributed by atoms with E-state index in [1.807, 2.05) is 11.4 Å². The second-order valence-electron chi connectivity index (χ2n) is 4.00. The molecule has 0 atom stereocenters. The van der Waals surface area contributed by atoms with Crippen molar-refractivity contribution >= 4 is 40.2 Å². The number of rotatable bonds is 6. The lowest BCUT2D eigenvalue weighted by Crippen LogP contribution is -2.16. The molecule has 0 aliphatic rings. The molecule has 4 nitrogen and oxygen atoms in total. The van der Waals surface area contributed by atoms with Crippen LogP contribution in [-0.4, -0.2) is 22.6 Å². The highest BCUT2D eigenvalue weighted by atomic mass is 35.5. The van der Waals surface area contributed by atoms with Crippen LogP contribution in [0.3, 0.4) is 0 Å². The van der Waals surface area contributed by atoms with Crippen molar-refractivity contribution in [3.05, 3.63) is 36.9 Å². The van der Waals surface area contributed by atoms with Crippen LogP contribution in [0.2, 0.25) is 4.34 Å². The number of carbonyl (C=O) groups is 1. The Morgan fingerprint density at radius 3 is 2.95 bits per heavy atom. The molecule has 0 aromatic carbocycles. The van der Waals surface area contributed by atoms with E-state index in [9.17, 15) is 4.79 Å². The van der Waals surface area contributed by atoms with Gasteiger partial charge in [0.2, 0.25) is 0 Å². The number of nitrogens with one attached hydrogen (secondary N) is 1. The average molecular weight is 317 g/mol. The summed E-state index contributed by atoms with van der Waals surface area (Å²) in [4.78, 5) is 15.7. The van der Waals surface area contributed by atoms with Gasteiger partial charge in [-0.25, -0.2) is 9.78 Å². The van der Waals surface area contributed by atoms with Gasteiger partial charge in [-0.15, -0.1) is 22.7 Å². The number of thiazole rings is 1. The standard InChI is InChI=1S/C12H13ClN2O2S2/c1-7-11(12(16)17)15-10(19-7)2-3-14-5-8-4-9(13)18-6-8/h4,6,14H,2-3,5H2,1H3,(H,16,17). The van der Waals surface area contributed by atoms with Crippen molar-refractivity contribution in [1.29, 1.82) is 0 Å². The zero-order chi connectivity index (χ0) is 13.8. The van der Waals surface area contributed by atoms with Crippen LogP contribution < -0.4 is 5.32 Å². The third kappa shape index (κ3) is 4.01. The number of aromatic carboxylic acids is 1. The van der Waals surface area contributed by atoms with Crippen LogP contribution in [0.4, 0.5) is 0 Å². The highest BCUT2D eigenvalue weighted by Gasteiger charge is 2.13. The maximum Gasteiger partial charge on any atom is 0.355 e. The summed E-state index contributed by atoms with van der Waals surface area (Å²) in [6, 6.07) is 1.94. The third-order valence-electron chi connectivity index (χ3n) is 2.51. The summed E-state index contributed by atoms with van der Waals surface area (Å²) in [5.74, 6) is -0.958. The van der Waals surface area contributed by atoms with Gasteiger partial charge < -0.3 is 10.4 Å². The van der Waals surface area contributed by atoms with Crippen molar-refractivity contribution in [2.24, 2.45) is 0 Å². The van der Waals surface area contributed by atoms with E-state index in [4.69, 9.17) is 16.7 Å². The van der Waals surface area contributed by atoms with E-state index in [2.05, 4.69) is 10.3 Å². The van der Waals surface area contributed by atoms with Crippen LogP contribution >= 0.6 is 34.3 Å². The smallest absolute Gasteiger partial charge is 0.355 e. The fourth-order valence-corrected chi connectivity index (χ4v) is 3.46. The SMILES string of the molecule is Cc1sc(CCNCc2csc(Cl)c2)nc1C(=O)O. The van der Waals surface area contributed by atoms with Crippen molar-refractivity contribution in [3.8, 4) is 0 Å². The van der Waals surface area contributed by atoms with Crippen LogP contribution in [0.1, 0.15) is 25.9 Å². The van der Waals surface area contributed by atoms with Gasteiger partial charge in [0.15, 0.2) is 5.69 Å². The van der Waals surface area contributed by atoms with Crippen LogP contribution in [-0.2, 0) is 13.0 Å². The van der Waals surface area contributed by atoms with Gasteiger partial charge >= 0.3 is 5.97 Å². The summed E-state index contributed by atoms with van der Waals surface area (Å²) in [5, 5.41) is 15.1. The fraction of sp³-hybridized carbons (Fsp3) is 0.333. The van der Waals surface area contributed by atoms with E-state index >= 15 is 0 Å². The molecule has 0 aliphatic carbocycles. The van der Waals surface area contributed by atoms with Crippen molar-refractivity contribution in [2.45, 2.75) is 19.9 Å². The summed E-state index contributed by atoms with van der Waals surface area (Å²) in [5.41, 5.74) is 1.33. The highest BCUT2D eigenvalue weighted by molar-refractivity contribution is 7.14. The zero-order valence-corrected chi connectivity index (χ0v) is 12.7. The first-order valence-electron chi connectivity index (χ1n) is 5.69. The van der Waals surface area contributed by atoms with E-state index in [1.54, 1.807) is 6.92 Å². The second-order valence-corrected chi connectivity index (χ2v) is 6.83. The Bertz CT molecular complexity index is 580. The van der Waals surface area contributed by atoms with Crippen LogP contribution in [0.15, 0.2) is 11.4 Å². The van der Waals surface area contributed by atoms with Gasteiger partial charge in [0, 0.05) is 24.4 Å². The number of carboxylic acids is 1. The fourth-order valence-electron chi connectivity index (χ4n) is 1.62. The summed E-state index contributed by atoms with van der Waals surface area (Å²) in [6.45, 7) is 3.31. The van der Waals surface area contributed by atoms with Crippen molar-refractivity contribution in [1.82, 2.24) is 10.3 Å². The lowest BCUT2D eigenvalue weighted by molar-refractivity contribution is 0.0690. The topological polar surface area (TPSA) is 62.2 Å². The molecule has 0 saturated carbocycles. The predicted octanol–water partition coefficient (Wildman–Crippen LogP) is 3.20. The minimum atomic E-state index is -0.958. The Kier molecular flexibility index (Phi) is 4.93. The largest absolute Gasteiger partial charge is 0.476 e. The monoisotopic (exact) mass is 316 g/mol. The average Bonchev–Trinajstić information content (AvgIpc) is 2.91. The summed E-state index contributed by atoms with van der Waals surface area (Å²) in [7, 11) is 0. The Balaban J connectivity index is 1.79. The molecule has 2 rings (SSSR count). The molecule has 7 heteroatoms. The third-order valence-corrected chi connectivity index (χ3v) is 4.68. The van der Waals surface area contributed by atoms with Gasteiger partial charge in [0.05, 0.1) is 9.34 Å². The summed E-state index contributed by atoms with van der Waals surface area (Å²) < 4.78 is 0.790. The first kappa shape index (κ1) is 14.5. The number of hydrogen-bond acceptors (Lipinski definition) is 5. The first-order valence-corrected chi connectivity index (χ1v) is 7.77. The quantitative estimate of drug-likeness (QED) is 0.803. The molecule has 2 N–H and O–H groups in total. The number of hydrogen-bond donors (Lipinski definition) is 2. The number of nitrogens with zero attached hydrogens (tertiary/aromatic N) is 1. The molecule has 0 fully saturated rings. The van der Waals surface area contributed by atoms with E-state index < -0.39 is 5.97 Å². The molecular weight excluding hydrogens is 304 g/mol. The van der Waals surface area contributed by atoms with E-state index in [0.29, 0.717) is 0 Å². The zero-order valence-electron chi connectivity index (χ0n) is 10.3. The van der Waals surface area contributed by atoms with Gasteiger partial charge in [-0.05, 0) is 23.9 Å². The second kappa shape index (κ2) is 6.47. The van der Waals surface area contributed by atoms with Gasteiger partial charge in [-0.3, -0.25) is 0 Å².